The molecule has 0 heterocycles. The Balaban J connectivity index is 2.27. The first kappa shape index (κ1) is 16.0. The summed E-state index contributed by atoms with van der Waals surface area (Å²) in [4.78, 5) is 2.32. The highest BCUT2D eigenvalue weighted by Crippen LogP contribution is 2.12. The smallest absolute Gasteiger partial charge is 0.119 e. The van der Waals surface area contributed by atoms with Crippen molar-refractivity contribution in [1.29, 1.82) is 0 Å². The molecule has 4 nitrogen and oxygen atoms in total. The quantitative estimate of drug-likeness (QED) is 0.657. The van der Waals surface area contributed by atoms with Crippen molar-refractivity contribution in [3.05, 3.63) is 29.8 Å². The molecular formula is C15H26N2O2. The van der Waals surface area contributed by atoms with Crippen LogP contribution in [0.15, 0.2) is 24.3 Å². The second-order valence-corrected chi connectivity index (χ2v) is 4.33. The minimum Gasteiger partial charge on any atom is -0.492 e. The van der Waals surface area contributed by atoms with Gasteiger partial charge in [0.1, 0.15) is 12.4 Å². The fourth-order valence-electron chi connectivity index (χ4n) is 1.82. The van der Waals surface area contributed by atoms with E-state index in [1.54, 1.807) is 0 Å². The molecule has 0 atom stereocenters. The average molecular weight is 266 g/mol. The van der Waals surface area contributed by atoms with Gasteiger partial charge in [0.25, 0.3) is 0 Å². The van der Waals surface area contributed by atoms with Gasteiger partial charge in [-0.25, -0.2) is 0 Å². The zero-order valence-electron chi connectivity index (χ0n) is 12.1. The molecule has 0 saturated heterocycles. The third-order valence-electron chi connectivity index (χ3n) is 3.01. The van der Waals surface area contributed by atoms with Gasteiger partial charge in [-0.1, -0.05) is 19.1 Å². The van der Waals surface area contributed by atoms with E-state index in [-0.39, 0.29) is 0 Å². The van der Waals surface area contributed by atoms with E-state index in [0.717, 1.165) is 44.2 Å². The first-order valence-corrected chi connectivity index (χ1v) is 7.02. The Bertz CT molecular complexity index is 345. The first-order valence-electron chi connectivity index (χ1n) is 7.02. The summed E-state index contributed by atoms with van der Waals surface area (Å²) in [6, 6.07) is 7.95. The second kappa shape index (κ2) is 9.78. The van der Waals surface area contributed by atoms with Gasteiger partial charge >= 0.3 is 0 Å². The molecule has 0 fully saturated rings. The Kier molecular flexibility index (Phi) is 8.21. The molecule has 0 radical (unpaired) electrons. The van der Waals surface area contributed by atoms with Crippen LogP contribution in [0.4, 0.5) is 0 Å². The summed E-state index contributed by atoms with van der Waals surface area (Å²) < 4.78 is 11.1. The summed E-state index contributed by atoms with van der Waals surface area (Å²) in [7, 11) is 0. The Morgan fingerprint density at radius 2 is 1.95 bits per heavy atom. The van der Waals surface area contributed by atoms with Crippen LogP contribution in [-0.2, 0) is 11.3 Å². The van der Waals surface area contributed by atoms with Crippen LogP contribution in [-0.4, -0.2) is 44.4 Å². The van der Waals surface area contributed by atoms with Crippen LogP contribution < -0.4 is 10.5 Å². The molecule has 19 heavy (non-hydrogen) atoms. The highest BCUT2D eigenvalue weighted by atomic mass is 16.5. The van der Waals surface area contributed by atoms with Gasteiger partial charge in [0.15, 0.2) is 0 Å². The summed E-state index contributed by atoms with van der Waals surface area (Å²) in [5, 5.41) is 0. The standard InChI is InChI=1S/C15H26N2O2/c1-3-17(8-10-18-4-2)9-11-19-15-7-5-6-14(12-15)13-16/h5-7,12H,3-4,8-11,13,16H2,1-2H3. The highest BCUT2D eigenvalue weighted by Gasteiger charge is 2.02. The van der Waals surface area contributed by atoms with Gasteiger partial charge in [0, 0.05) is 26.2 Å². The van der Waals surface area contributed by atoms with Crippen molar-refractivity contribution >= 4 is 0 Å². The molecule has 0 saturated carbocycles. The van der Waals surface area contributed by atoms with Gasteiger partial charge < -0.3 is 15.2 Å². The topological polar surface area (TPSA) is 47.7 Å². The Labute approximate surface area is 116 Å². The van der Waals surface area contributed by atoms with E-state index < -0.39 is 0 Å². The fourth-order valence-corrected chi connectivity index (χ4v) is 1.82. The molecular weight excluding hydrogens is 240 g/mol. The summed E-state index contributed by atoms with van der Waals surface area (Å²) in [5.41, 5.74) is 6.71. The van der Waals surface area contributed by atoms with Crippen LogP contribution in [0, 0.1) is 0 Å². The molecule has 0 aliphatic carbocycles. The molecule has 0 aromatic heterocycles. The van der Waals surface area contributed by atoms with E-state index in [1.807, 2.05) is 31.2 Å². The highest BCUT2D eigenvalue weighted by molar-refractivity contribution is 5.28. The maximum atomic E-state index is 5.75. The summed E-state index contributed by atoms with van der Waals surface area (Å²) >= 11 is 0. The minimum atomic E-state index is 0.548. The van der Waals surface area contributed by atoms with Gasteiger partial charge in [-0.05, 0) is 31.2 Å². The van der Waals surface area contributed by atoms with Crippen LogP contribution in [0.2, 0.25) is 0 Å². The lowest BCUT2D eigenvalue weighted by molar-refractivity contribution is 0.108. The zero-order chi connectivity index (χ0) is 13.9. The van der Waals surface area contributed by atoms with Crippen molar-refractivity contribution in [2.75, 3.05) is 39.5 Å². The lowest BCUT2D eigenvalue weighted by Crippen LogP contribution is -2.31. The van der Waals surface area contributed by atoms with E-state index in [9.17, 15) is 0 Å². The monoisotopic (exact) mass is 266 g/mol. The molecule has 108 valence electrons. The van der Waals surface area contributed by atoms with Crippen LogP contribution in [0.1, 0.15) is 19.4 Å². The van der Waals surface area contributed by atoms with Gasteiger partial charge in [0.05, 0.1) is 6.61 Å². The maximum absolute atomic E-state index is 5.75. The van der Waals surface area contributed by atoms with Gasteiger partial charge in [0.2, 0.25) is 0 Å². The zero-order valence-corrected chi connectivity index (χ0v) is 12.1. The molecule has 0 spiro atoms. The lowest BCUT2D eigenvalue weighted by Gasteiger charge is -2.20. The summed E-state index contributed by atoms with van der Waals surface area (Å²) in [6.45, 7) is 9.85. The van der Waals surface area contributed by atoms with Gasteiger partial charge in [-0.2, -0.15) is 0 Å². The van der Waals surface area contributed by atoms with E-state index in [4.69, 9.17) is 15.2 Å². The number of nitrogens with zero attached hydrogens (tertiary/aromatic N) is 1. The number of likely N-dealkylation sites (N-methyl/N-ethyl adjacent to an activating group) is 1. The van der Waals surface area contributed by atoms with Crippen molar-refractivity contribution in [1.82, 2.24) is 4.90 Å². The molecule has 0 aliphatic heterocycles. The third kappa shape index (κ3) is 6.57. The molecule has 1 aromatic rings. The minimum absolute atomic E-state index is 0.548. The van der Waals surface area contributed by atoms with E-state index >= 15 is 0 Å². The van der Waals surface area contributed by atoms with E-state index in [2.05, 4.69) is 11.8 Å². The normalized spacial score (nSPS) is 10.9. The lowest BCUT2D eigenvalue weighted by atomic mass is 10.2. The molecule has 0 aliphatic rings. The summed E-state index contributed by atoms with van der Waals surface area (Å²) in [5.74, 6) is 0.892. The molecule has 1 aromatic carbocycles. The number of benzene rings is 1. The summed E-state index contributed by atoms with van der Waals surface area (Å²) in [6.07, 6.45) is 0. The van der Waals surface area contributed by atoms with Crippen LogP contribution in [0.25, 0.3) is 0 Å². The third-order valence-corrected chi connectivity index (χ3v) is 3.01. The Morgan fingerprint density at radius 3 is 2.63 bits per heavy atom. The van der Waals surface area contributed by atoms with Crippen LogP contribution >= 0.6 is 0 Å². The SMILES string of the molecule is CCOCCN(CC)CCOc1cccc(CN)c1. The van der Waals surface area contributed by atoms with E-state index in [1.165, 1.54) is 0 Å². The van der Waals surface area contributed by atoms with Crippen LogP contribution in [0.5, 0.6) is 5.75 Å². The number of hydrogen-bond donors (Lipinski definition) is 1. The first-order chi connectivity index (χ1) is 9.30. The number of rotatable bonds is 10. The van der Waals surface area contributed by atoms with Crippen molar-refractivity contribution in [3.63, 3.8) is 0 Å². The predicted octanol–water partition coefficient (Wildman–Crippen LogP) is 1.88. The Hall–Kier alpha value is -1.10. The molecule has 2 N–H and O–H groups in total. The number of hydrogen-bond acceptors (Lipinski definition) is 4. The predicted molar refractivity (Wildman–Crippen MR) is 78.4 cm³/mol. The molecule has 0 bridgehead atoms. The van der Waals surface area contributed by atoms with Crippen molar-refractivity contribution in [2.24, 2.45) is 5.73 Å². The number of nitrogens with two attached hydrogens (primary N) is 1. The van der Waals surface area contributed by atoms with E-state index in [0.29, 0.717) is 13.2 Å². The van der Waals surface area contributed by atoms with Crippen molar-refractivity contribution in [3.8, 4) is 5.75 Å². The van der Waals surface area contributed by atoms with Gasteiger partial charge in [-0.3, -0.25) is 4.90 Å². The molecule has 1 rings (SSSR count). The van der Waals surface area contributed by atoms with Gasteiger partial charge in [-0.15, -0.1) is 0 Å². The maximum Gasteiger partial charge on any atom is 0.119 e. The largest absolute Gasteiger partial charge is 0.492 e. The van der Waals surface area contributed by atoms with Crippen molar-refractivity contribution < 1.29 is 9.47 Å². The number of ether oxygens (including phenoxy) is 2. The molecule has 0 amide bonds. The average Bonchev–Trinajstić information content (AvgIpc) is 2.46. The second-order valence-electron chi connectivity index (χ2n) is 4.33. The van der Waals surface area contributed by atoms with Crippen molar-refractivity contribution in [2.45, 2.75) is 20.4 Å². The van der Waals surface area contributed by atoms with Crippen LogP contribution in [0.3, 0.4) is 0 Å². The molecule has 0 unspecified atom stereocenters. The Morgan fingerprint density at radius 1 is 1.16 bits per heavy atom. The molecule has 4 heteroatoms. The fraction of sp³-hybridized carbons (Fsp3) is 0.600.